The number of hydrogen-bond donors (Lipinski definition) is 1. The Morgan fingerprint density at radius 1 is 1.19 bits per heavy atom. The summed E-state index contributed by atoms with van der Waals surface area (Å²) < 4.78 is 26.7. The molecule has 3 aromatic rings. The summed E-state index contributed by atoms with van der Waals surface area (Å²) in [5, 5.41) is 0. The van der Waals surface area contributed by atoms with Gasteiger partial charge >= 0.3 is 0 Å². The first kappa shape index (κ1) is 18.5. The van der Waals surface area contributed by atoms with Gasteiger partial charge in [0.25, 0.3) is 5.56 Å². The van der Waals surface area contributed by atoms with E-state index in [0.29, 0.717) is 16.9 Å². The lowest BCUT2D eigenvalue weighted by Gasteiger charge is -2.16. The van der Waals surface area contributed by atoms with Crippen molar-refractivity contribution in [3.05, 3.63) is 50.7 Å². The highest BCUT2D eigenvalue weighted by Gasteiger charge is 2.19. The largest absolute Gasteiger partial charge is 0.369 e. The molecule has 0 saturated heterocycles. The van der Waals surface area contributed by atoms with Gasteiger partial charge in [-0.2, -0.15) is 4.98 Å². The van der Waals surface area contributed by atoms with E-state index < -0.39 is 11.8 Å². The summed E-state index contributed by atoms with van der Waals surface area (Å²) in [6.07, 6.45) is -0.640. The molecule has 26 heavy (non-hydrogen) atoms. The fourth-order valence-electron chi connectivity index (χ4n) is 2.56. The Balaban J connectivity index is 2.06. The van der Waals surface area contributed by atoms with E-state index in [1.165, 1.54) is 30.9 Å². The Hall–Kier alpha value is -2.30. The first-order valence-electron chi connectivity index (χ1n) is 7.66. The summed E-state index contributed by atoms with van der Waals surface area (Å²) in [5.41, 5.74) is 6.91. The van der Waals surface area contributed by atoms with Crippen LogP contribution in [-0.4, -0.2) is 39.6 Å². The zero-order valence-electron chi connectivity index (χ0n) is 14.1. The minimum Gasteiger partial charge on any atom is -0.369 e. The first-order chi connectivity index (χ1) is 12.4. The van der Waals surface area contributed by atoms with Gasteiger partial charge in [0.1, 0.15) is 5.82 Å². The summed E-state index contributed by atoms with van der Waals surface area (Å²) in [6.45, 7) is 0.440. The van der Waals surface area contributed by atoms with Crippen molar-refractivity contribution in [1.29, 1.82) is 0 Å². The molecule has 0 bridgehead atoms. The van der Waals surface area contributed by atoms with Crippen LogP contribution in [0.2, 0.25) is 0 Å². The number of hydrogen-bond acceptors (Lipinski definition) is 6. The van der Waals surface area contributed by atoms with Crippen molar-refractivity contribution in [1.82, 2.24) is 19.1 Å². The van der Waals surface area contributed by atoms with Crippen LogP contribution in [0.3, 0.4) is 0 Å². The number of imidazole rings is 1. The highest BCUT2D eigenvalue weighted by atomic mass is 79.9. The number of nitrogen functional groups attached to an aromatic ring is 1. The number of aromatic nitrogens is 4. The molecule has 1 aromatic carbocycles. The molecule has 0 saturated carbocycles. The van der Waals surface area contributed by atoms with Crippen molar-refractivity contribution in [3.63, 3.8) is 0 Å². The van der Waals surface area contributed by atoms with Crippen LogP contribution in [-0.2, 0) is 22.6 Å². The smallest absolute Gasteiger partial charge is 0.283 e. The number of rotatable bonds is 6. The van der Waals surface area contributed by atoms with Crippen LogP contribution < -0.4 is 11.3 Å². The number of nitrogens with two attached hydrogens (primary N) is 1. The van der Waals surface area contributed by atoms with Gasteiger partial charge in [0.2, 0.25) is 5.95 Å². The summed E-state index contributed by atoms with van der Waals surface area (Å²) in [7, 11) is 2.94. The molecule has 0 atom stereocenters. The van der Waals surface area contributed by atoms with Crippen molar-refractivity contribution < 1.29 is 13.9 Å². The van der Waals surface area contributed by atoms with Gasteiger partial charge in [-0.05, 0) is 33.6 Å². The van der Waals surface area contributed by atoms with Crippen LogP contribution in [0, 0.1) is 5.82 Å². The summed E-state index contributed by atoms with van der Waals surface area (Å²) in [5.74, 6) is -0.297. The van der Waals surface area contributed by atoms with E-state index in [9.17, 15) is 9.18 Å². The van der Waals surface area contributed by atoms with E-state index in [1.807, 2.05) is 0 Å². The molecule has 2 heterocycles. The third-order valence-electron chi connectivity index (χ3n) is 3.95. The summed E-state index contributed by atoms with van der Waals surface area (Å²) in [6, 6.07) is 6.04. The number of methoxy groups -OCH3 is 2. The van der Waals surface area contributed by atoms with Crippen molar-refractivity contribution in [2.75, 3.05) is 20.0 Å². The second-order valence-corrected chi connectivity index (χ2v) is 6.26. The van der Waals surface area contributed by atoms with Crippen LogP contribution in [0.1, 0.15) is 5.56 Å². The van der Waals surface area contributed by atoms with Gasteiger partial charge in [-0.15, -0.1) is 0 Å². The van der Waals surface area contributed by atoms with Crippen molar-refractivity contribution >= 4 is 33.0 Å². The van der Waals surface area contributed by atoms with Crippen LogP contribution in [0.15, 0.2) is 33.8 Å². The molecule has 3 rings (SSSR count). The molecule has 0 aliphatic rings. The third-order valence-corrected chi connectivity index (χ3v) is 4.56. The van der Waals surface area contributed by atoms with Crippen molar-refractivity contribution in [3.8, 4) is 0 Å². The fraction of sp³-hybridized carbons (Fsp3) is 0.312. The molecule has 0 fully saturated rings. The topological polar surface area (TPSA) is 97.2 Å². The molecular formula is C16H17BrFN5O3. The number of anilines is 1. The number of benzene rings is 1. The van der Waals surface area contributed by atoms with E-state index in [1.54, 1.807) is 16.7 Å². The van der Waals surface area contributed by atoms with E-state index in [2.05, 4.69) is 25.9 Å². The maximum absolute atomic E-state index is 13.1. The molecule has 8 nitrogen and oxygen atoms in total. The second-order valence-electron chi connectivity index (χ2n) is 5.55. The quantitative estimate of drug-likeness (QED) is 0.477. The lowest BCUT2D eigenvalue weighted by Crippen LogP contribution is -2.31. The van der Waals surface area contributed by atoms with Gasteiger partial charge in [-0.1, -0.05) is 12.1 Å². The zero-order valence-corrected chi connectivity index (χ0v) is 15.7. The number of nitrogens with zero attached hydrogens (tertiary/aromatic N) is 4. The summed E-state index contributed by atoms with van der Waals surface area (Å²) in [4.78, 5) is 21.3. The van der Waals surface area contributed by atoms with Crippen LogP contribution in [0.25, 0.3) is 11.2 Å². The lowest BCUT2D eigenvalue weighted by molar-refractivity contribution is -0.111. The average Bonchev–Trinajstić information content (AvgIpc) is 2.93. The molecule has 10 heteroatoms. The number of ether oxygens (including phenoxy) is 2. The molecule has 0 unspecified atom stereocenters. The fourth-order valence-corrected chi connectivity index (χ4v) is 3.03. The van der Waals surface area contributed by atoms with Gasteiger partial charge in [-0.3, -0.25) is 13.9 Å². The van der Waals surface area contributed by atoms with Gasteiger partial charge in [-0.25, -0.2) is 9.37 Å². The predicted molar refractivity (Wildman–Crippen MR) is 97.2 cm³/mol. The third kappa shape index (κ3) is 3.48. The minimum absolute atomic E-state index is 0.0226. The Labute approximate surface area is 156 Å². The van der Waals surface area contributed by atoms with E-state index in [0.717, 1.165) is 5.56 Å². The van der Waals surface area contributed by atoms with Crippen LogP contribution in [0.4, 0.5) is 10.3 Å². The Morgan fingerprint density at radius 3 is 2.46 bits per heavy atom. The van der Waals surface area contributed by atoms with Crippen molar-refractivity contribution in [2.24, 2.45) is 0 Å². The molecular weight excluding hydrogens is 409 g/mol. The average molecular weight is 426 g/mol. The maximum atomic E-state index is 13.1. The Bertz CT molecular complexity index is 982. The highest BCUT2D eigenvalue weighted by Crippen LogP contribution is 2.19. The molecule has 0 spiro atoms. The lowest BCUT2D eigenvalue weighted by atomic mass is 10.2. The van der Waals surface area contributed by atoms with E-state index >= 15 is 0 Å². The molecule has 0 aliphatic carbocycles. The Kier molecular flexibility index (Phi) is 5.35. The number of fused-ring (bicyclic) bond motifs is 1. The van der Waals surface area contributed by atoms with Crippen molar-refractivity contribution in [2.45, 2.75) is 19.4 Å². The Morgan fingerprint density at radius 2 is 1.85 bits per heavy atom. The van der Waals surface area contributed by atoms with Crippen LogP contribution in [0.5, 0.6) is 0 Å². The second kappa shape index (κ2) is 7.52. The number of halogens is 2. The van der Waals surface area contributed by atoms with Gasteiger partial charge in [0, 0.05) is 14.2 Å². The molecule has 0 amide bonds. The monoisotopic (exact) mass is 425 g/mol. The molecule has 2 aromatic heterocycles. The van der Waals surface area contributed by atoms with E-state index in [-0.39, 0.29) is 23.8 Å². The zero-order chi connectivity index (χ0) is 18.8. The van der Waals surface area contributed by atoms with Gasteiger partial charge < -0.3 is 15.2 Å². The normalized spacial score (nSPS) is 11.6. The predicted octanol–water partition coefficient (Wildman–Crippen LogP) is 1.74. The SMILES string of the molecule is COC(Cn1c(N)nc2c(nc(Br)n2Cc2ccc(F)cc2)c1=O)OC. The minimum atomic E-state index is -0.640. The summed E-state index contributed by atoms with van der Waals surface area (Å²) >= 11 is 3.34. The first-order valence-corrected chi connectivity index (χ1v) is 8.46. The molecule has 138 valence electrons. The standard InChI is InChI=1S/C16H17BrFN5O3/c1-25-11(26-2)8-23-14(24)12-13(21-16(23)19)22(15(17)20-12)7-9-3-5-10(18)6-4-9/h3-6,11H,7-8H2,1-2H3,(H2,19,21). The maximum Gasteiger partial charge on any atom is 0.283 e. The van der Waals surface area contributed by atoms with Gasteiger partial charge in [0.05, 0.1) is 13.1 Å². The van der Waals surface area contributed by atoms with Gasteiger partial charge in [0.15, 0.2) is 22.2 Å². The van der Waals surface area contributed by atoms with E-state index in [4.69, 9.17) is 15.2 Å². The molecule has 2 N–H and O–H groups in total. The van der Waals surface area contributed by atoms with Crippen LogP contribution >= 0.6 is 15.9 Å². The molecule has 0 radical (unpaired) electrons. The highest BCUT2D eigenvalue weighted by molar-refractivity contribution is 9.10. The molecule has 0 aliphatic heterocycles.